The highest BCUT2D eigenvalue weighted by Crippen LogP contribution is 2.31. The van der Waals surface area contributed by atoms with Gasteiger partial charge in [-0.1, -0.05) is 31.0 Å². The standard InChI is InChI=1S/C24H33N3O4S/c1-18-9-14-21(32(29,30)26(2)3)16-22(18)25-24(28)17-27-15-7-5-6-8-23(27)19-10-12-20(31-4)13-11-19/h9-14,16,23H,5-8,15,17H2,1-4H3,(H,25,28)/t23-/m0/s1. The minimum Gasteiger partial charge on any atom is -0.497 e. The predicted octanol–water partition coefficient (Wildman–Crippen LogP) is 3.81. The average molecular weight is 460 g/mol. The second-order valence-electron chi connectivity index (χ2n) is 8.42. The maximum atomic E-state index is 13.0. The number of amides is 1. The molecule has 0 aliphatic carbocycles. The van der Waals surface area contributed by atoms with Gasteiger partial charge in [0.25, 0.3) is 0 Å². The van der Waals surface area contributed by atoms with Gasteiger partial charge in [-0.05, 0) is 61.7 Å². The van der Waals surface area contributed by atoms with Crippen LogP contribution in [0.1, 0.15) is 42.9 Å². The molecule has 0 spiro atoms. The van der Waals surface area contributed by atoms with Crippen molar-refractivity contribution in [3.8, 4) is 5.75 Å². The highest BCUT2D eigenvalue weighted by molar-refractivity contribution is 7.89. The van der Waals surface area contributed by atoms with Gasteiger partial charge < -0.3 is 10.1 Å². The van der Waals surface area contributed by atoms with Crippen LogP contribution in [0.3, 0.4) is 0 Å². The van der Waals surface area contributed by atoms with Crippen molar-refractivity contribution in [3.63, 3.8) is 0 Å². The summed E-state index contributed by atoms with van der Waals surface area (Å²) in [5.41, 5.74) is 2.52. The lowest BCUT2D eigenvalue weighted by atomic mass is 10.0. The minimum atomic E-state index is -3.57. The van der Waals surface area contributed by atoms with Crippen LogP contribution in [-0.4, -0.2) is 57.8 Å². The van der Waals surface area contributed by atoms with Crippen LogP contribution < -0.4 is 10.1 Å². The number of likely N-dealkylation sites (tertiary alicyclic amines) is 1. The molecule has 0 saturated carbocycles. The number of benzene rings is 2. The fourth-order valence-corrected chi connectivity index (χ4v) is 4.97. The number of carbonyl (C=O) groups excluding carboxylic acids is 1. The number of methoxy groups -OCH3 is 1. The number of nitrogens with zero attached hydrogens (tertiary/aromatic N) is 2. The number of ether oxygens (including phenoxy) is 1. The minimum absolute atomic E-state index is 0.145. The first kappa shape index (κ1) is 24.2. The van der Waals surface area contributed by atoms with E-state index in [1.807, 2.05) is 19.1 Å². The first-order valence-electron chi connectivity index (χ1n) is 10.9. The number of aryl methyl sites for hydroxylation is 1. The fraction of sp³-hybridized carbons (Fsp3) is 0.458. The van der Waals surface area contributed by atoms with E-state index in [4.69, 9.17) is 4.74 Å². The van der Waals surface area contributed by atoms with Gasteiger partial charge in [-0.3, -0.25) is 9.69 Å². The molecule has 0 aromatic heterocycles. The molecule has 7 nitrogen and oxygen atoms in total. The van der Waals surface area contributed by atoms with E-state index in [1.54, 1.807) is 19.2 Å². The molecule has 0 unspecified atom stereocenters. The highest BCUT2D eigenvalue weighted by atomic mass is 32.2. The first-order valence-corrected chi connectivity index (χ1v) is 12.4. The Balaban J connectivity index is 1.77. The van der Waals surface area contributed by atoms with Gasteiger partial charge in [0.2, 0.25) is 15.9 Å². The Kier molecular flexibility index (Phi) is 7.92. The molecule has 1 heterocycles. The molecule has 1 atom stereocenters. The van der Waals surface area contributed by atoms with Crippen molar-refractivity contribution in [1.29, 1.82) is 0 Å². The molecule has 174 valence electrons. The molecule has 1 aliphatic rings. The van der Waals surface area contributed by atoms with E-state index >= 15 is 0 Å². The second-order valence-corrected chi connectivity index (χ2v) is 10.6. The lowest BCUT2D eigenvalue weighted by molar-refractivity contribution is -0.117. The van der Waals surface area contributed by atoms with Gasteiger partial charge in [0.15, 0.2) is 0 Å². The Bertz CT molecular complexity index is 1040. The third kappa shape index (κ3) is 5.68. The number of rotatable bonds is 7. The molecule has 0 radical (unpaired) electrons. The van der Waals surface area contributed by atoms with Crippen molar-refractivity contribution in [2.24, 2.45) is 0 Å². The maximum Gasteiger partial charge on any atom is 0.242 e. The van der Waals surface area contributed by atoms with Crippen molar-refractivity contribution >= 4 is 21.6 Å². The predicted molar refractivity (Wildman–Crippen MR) is 126 cm³/mol. The molecule has 3 rings (SSSR count). The van der Waals surface area contributed by atoms with E-state index in [0.717, 1.165) is 43.5 Å². The Hall–Kier alpha value is -2.42. The third-order valence-electron chi connectivity index (χ3n) is 5.97. The number of nitrogens with one attached hydrogen (secondary N) is 1. The first-order chi connectivity index (χ1) is 15.2. The second kappa shape index (κ2) is 10.5. The summed E-state index contributed by atoms with van der Waals surface area (Å²) in [7, 11) is 1.06. The van der Waals surface area contributed by atoms with Crippen LogP contribution in [0.4, 0.5) is 5.69 Å². The van der Waals surface area contributed by atoms with E-state index in [2.05, 4.69) is 22.3 Å². The zero-order valence-electron chi connectivity index (χ0n) is 19.3. The summed E-state index contributed by atoms with van der Waals surface area (Å²) in [6, 6.07) is 13.0. The van der Waals surface area contributed by atoms with Gasteiger partial charge in [-0.25, -0.2) is 12.7 Å². The molecule has 2 aromatic carbocycles. The molecule has 1 N–H and O–H groups in total. The molecule has 1 fully saturated rings. The van der Waals surface area contributed by atoms with Crippen molar-refractivity contribution in [2.45, 2.75) is 43.5 Å². The van der Waals surface area contributed by atoms with Crippen molar-refractivity contribution in [3.05, 3.63) is 53.6 Å². The van der Waals surface area contributed by atoms with Crippen LogP contribution in [0.2, 0.25) is 0 Å². The van der Waals surface area contributed by atoms with Gasteiger partial charge in [0.05, 0.1) is 18.6 Å². The van der Waals surface area contributed by atoms with Crippen LogP contribution in [0, 0.1) is 6.92 Å². The Morgan fingerprint density at radius 2 is 1.84 bits per heavy atom. The smallest absolute Gasteiger partial charge is 0.242 e. The largest absolute Gasteiger partial charge is 0.497 e. The molecular weight excluding hydrogens is 426 g/mol. The van der Waals surface area contributed by atoms with Crippen LogP contribution in [-0.2, 0) is 14.8 Å². The summed E-state index contributed by atoms with van der Waals surface area (Å²) in [4.78, 5) is 15.4. The van der Waals surface area contributed by atoms with Crippen LogP contribution >= 0.6 is 0 Å². The molecule has 1 amide bonds. The SMILES string of the molecule is COc1ccc([C@@H]2CCCCCN2CC(=O)Nc2cc(S(=O)(=O)N(C)C)ccc2C)cc1. The van der Waals surface area contributed by atoms with Crippen molar-refractivity contribution in [1.82, 2.24) is 9.21 Å². The summed E-state index contributed by atoms with van der Waals surface area (Å²) in [5.74, 6) is 0.669. The molecule has 1 aliphatic heterocycles. The van der Waals surface area contributed by atoms with Gasteiger partial charge in [-0.15, -0.1) is 0 Å². The van der Waals surface area contributed by atoms with Gasteiger partial charge in [-0.2, -0.15) is 0 Å². The summed E-state index contributed by atoms with van der Waals surface area (Å²) in [5, 5.41) is 2.94. The van der Waals surface area contributed by atoms with E-state index < -0.39 is 10.0 Å². The molecule has 8 heteroatoms. The fourth-order valence-electron chi connectivity index (χ4n) is 4.04. The summed E-state index contributed by atoms with van der Waals surface area (Å²) in [6.45, 7) is 2.95. The number of anilines is 1. The maximum absolute atomic E-state index is 13.0. The number of hydrogen-bond donors (Lipinski definition) is 1. The van der Waals surface area contributed by atoms with Crippen LogP contribution in [0.25, 0.3) is 0 Å². The molecule has 0 bridgehead atoms. The van der Waals surface area contributed by atoms with E-state index in [1.165, 1.54) is 30.0 Å². The van der Waals surface area contributed by atoms with E-state index in [9.17, 15) is 13.2 Å². The molecule has 32 heavy (non-hydrogen) atoms. The lowest BCUT2D eigenvalue weighted by Crippen LogP contribution is -2.36. The zero-order chi connectivity index (χ0) is 23.3. The Morgan fingerprint density at radius 3 is 2.50 bits per heavy atom. The Labute approximate surface area is 191 Å². The summed E-state index contributed by atoms with van der Waals surface area (Å²) < 4.78 is 31.4. The van der Waals surface area contributed by atoms with E-state index in [0.29, 0.717) is 5.69 Å². The Morgan fingerprint density at radius 1 is 1.12 bits per heavy atom. The van der Waals surface area contributed by atoms with Gasteiger partial charge in [0, 0.05) is 25.8 Å². The van der Waals surface area contributed by atoms with Crippen LogP contribution in [0.5, 0.6) is 5.75 Å². The van der Waals surface area contributed by atoms with E-state index in [-0.39, 0.29) is 23.4 Å². The molecule has 2 aromatic rings. The zero-order valence-corrected chi connectivity index (χ0v) is 20.1. The van der Waals surface area contributed by atoms with Gasteiger partial charge >= 0.3 is 0 Å². The molecular formula is C24H33N3O4S. The third-order valence-corrected chi connectivity index (χ3v) is 7.78. The van der Waals surface area contributed by atoms with Crippen molar-refractivity contribution in [2.75, 3.05) is 39.6 Å². The molecule has 1 saturated heterocycles. The quantitative estimate of drug-likeness (QED) is 0.681. The van der Waals surface area contributed by atoms with Crippen molar-refractivity contribution < 1.29 is 17.9 Å². The van der Waals surface area contributed by atoms with Gasteiger partial charge in [0.1, 0.15) is 5.75 Å². The average Bonchev–Trinajstić information content (AvgIpc) is 3.00. The monoisotopic (exact) mass is 459 g/mol. The topological polar surface area (TPSA) is 79.0 Å². The number of sulfonamides is 1. The number of carbonyl (C=O) groups is 1. The number of hydrogen-bond acceptors (Lipinski definition) is 5. The summed E-state index contributed by atoms with van der Waals surface area (Å²) >= 11 is 0. The lowest BCUT2D eigenvalue weighted by Gasteiger charge is -2.30. The summed E-state index contributed by atoms with van der Waals surface area (Å²) in [6.07, 6.45) is 4.32. The highest BCUT2D eigenvalue weighted by Gasteiger charge is 2.25. The normalized spacial score (nSPS) is 17.7. The van der Waals surface area contributed by atoms with Crippen LogP contribution in [0.15, 0.2) is 47.4 Å².